The molecule has 0 saturated carbocycles. The number of pyridine rings is 1. The molecule has 0 aliphatic heterocycles. The Balaban J connectivity index is 1.62. The van der Waals surface area contributed by atoms with Crippen LogP contribution in [-0.4, -0.2) is 9.38 Å². The number of hydrogen-bond acceptors (Lipinski definition) is 2. The van der Waals surface area contributed by atoms with Gasteiger partial charge in [0.1, 0.15) is 21.8 Å². The molecule has 0 aliphatic carbocycles. The summed E-state index contributed by atoms with van der Waals surface area (Å²) in [5.41, 5.74) is 4.60. The van der Waals surface area contributed by atoms with E-state index in [4.69, 9.17) is 9.72 Å². The van der Waals surface area contributed by atoms with Gasteiger partial charge in [-0.1, -0.05) is 36.4 Å². The van der Waals surface area contributed by atoms with Gasteiger partial charge in [0.25, 0.3) is 0 Å². The van der Waals surface area contributed by atoms with Crippen LogP contribution in [0.25, 0.3) is 16.9 Å². The number of ether oxygens (including phenoxy) is 1. The van der Waals surface area contributed by atoms with E-state index in [-0.39, 0.29) is 5.82 Å². The molecule has 0 aliphatic rings. The zero-order chi connectivity index (χ0) is 17.9. The molecule has 0 amide bonds. The molecule has 0 saturated heterocycles. The summed E-state index contributed by atoms with van der Waals surface area (Å²) in [6.45, 7) is 1.01. The van der Waals surface area contributed by atoms with E-state index in [2.05, 4.69) is 15.9 Å². The summed E-state index contributed by atoms with van der Waals surface area (Å²) in [4.78, 5) is 4.75. The Kier molecular flexibility index (Phi) is 4.82. The van der Waals surface area contributed by atoms with E-state index in [1.165, 1.54) is 12.1 Å². The summed E-state index contributed by atoms with van der Waals surface area (Å²) in [6.07, 6.45) is 1.94. The van der Waals surface area contributed by atoms with Crippen molar-refractivity contribution in [3.63, 3.8) is 0 Å². The molecule has 0 fully saturated rings. The Labute approximate surface area is 159 Å². The second-order valence-corrected chi connectivity index (χ2v) is 6.71. The molecule has 2 aromatic carbocycles. The van der Waals surface area contributed by atoms with Gasteiger partial charge in [-0.3, -0.25) is 4.40 Å². The van der Waals surface area contributed by atoms with E-state index in [1.807, 2.05) is 53.1 Å². The number of fused-ring (bicyclic) bond motifs is 1. The zero-order valence-electron chi connectivity index (χ0n) is 13.9. The van der Waals surface area contributed by atoms with Crippen LogP contribution >= 0.6 is 15.9 Å². The first kappa shape index (κ1) is 16.9. The molecule has 0 bridgehead atoms. The quantitative estimate of drug-likeness (QED) is 0.426. The molecule has 2 heterocycles. The summed E-state index contributed by atoms with van der Waals surface area (Å²) in [5.74, 6) is -0.261. The minimum Gasteiger partial charge on any atom is -0.372 e. The van der Waals surface area contributed by atoms with Crippen LogP contribution in [0.2, 0.25) is 0 Å². The predicted octanol–water partition coefficient (Wildman–Crippen LogP) is 5.62. The minimum absolute atomic E-state index is 0.261. The Hall–Kier alpha value is -2.50. The molecule has 0 unspecified atom stereocenters. The van der Waals surface area contributed by atoms with Crippen LogP contribution in [0.5, 0.6) is 0 Å². The van der Waals surface area contributed by atoms with Crippen LogP contribution in [0.3, 0.4) is 0 Å². The number of rotatable bonds is 5. The number of aromatic nitrogens is 2. The van der Waals surface area contributed by atoms with Gasteiger partial charge >= 0.3 is 0 Å². The third-order valence-electron chi connectivity index (χ3n) is 4.16. The topological polar surface area (TPSA) is 26.5 Å². The Morgan fingerprint density at radius 2 is 1.69 bits per heavy atom. The van der Waals surface area contributed by atoms with Crippen molar-refractivity contribution < 1.29 is 9.13 Å². The maximum Gasteiger partial charge on any atom is 0.143 e. The largest absolute Gasteiger partial charge is 0.372 e. The molecule has 130 valence electrons. The Morgan fingerprint density at radius 3 is 2.46 bits per heavy atom. The summed E-state index contributed by atoms with van der Waals surface area (Å²) < 4.78 is 21.9. The van der Waals surface area contributed by atoms with Gasteiger partial charge in [-0.15, -0.1) is 0 Å². The second kappa shape index (κ2) is 7.40. The summed E-state index contributed by atoms with van der Waals surface area (Å²) in [5, 5.41) is 0. The van der Waals surface area contributed by atoms with Gasteiger partial charge in [0.15, 0.2) is 0 Å². The fourth-order valence-electron chi connectivity index (χ4n) is 2.85. The first-order valence-electron chi connectivity index (χ1n) is 8.25. The van der Waals surface area contributed by atoms with Crippen LogP contribution in [0.15, 0.2) is 77.5 Å². The lowest BCUT2D eigenvalue weighted by molar-refractivity contribution is 0.107. The summed E-state index contributed by atoms with van der Waals surface area (Å²) in [7, 11) is 0. The van der Waals surface area contributed by atoms with Crippen molar-refractivity contribution in [3.05, 3.63) is 94.5 Å². The van der Waals surface area contributed by atoms with E-state index in [0.29, 0.717) is 13.2 Å². The van der Waals surface area contributed by atoms with Crippen LogP contribution in [0.1, 0.15) is 11.1 Å². The van der Waals surface area contributed by atoms with Gasteiger partial charge in [-0.25, -0.2) is 9.37 Å². The van der Waals surface area contributed by atoms with Gasteiger partial charge < -0.3 is 4.74 Å². The van der Waals surface area contributed by atoms with Gasteiger partial charge in [-0.2, -0.15) is 0 Å². The van der Waals surface area contributed by atoms with Crippen molar-refractivity contribution in [2.24, 2.45) is 0 Å². The highest BCUT2D eigenvalue weighted by molar-refractivity contribution is 9.10. The number of hydrogen-bond donors (Lipinski definition) is 0. The van der Waals surface area contributed by atoms with E-state index in [9.17, 15) is 4.39 Å². The van der Waals surface area contributed by atoms with E-state index >= 15 is 0 Å². The molecule has 2 aromatic heterocycles. The lowest BCUT2D eigenvalue weighted by atomic mass is 10.2. The lowest BCUT2D eigenvalue weighted by Crippen LogP contribution is -1.97. The first-order chi connectivity index (χ1) is 12.7. The van der Waals surface area contributed by atoms with Gasteiger partial charge in [0, 0.05) is 17.3 Å². The fourth-order valence-corrected chi connectivity index (χ4v) is 3.46. The second-order valence-electron chi connectivity index (χ2n) is 5.96. The number of nitrogens with zero attached hydrogens (tertiary/aromatic N) is 2. The molecular weight excluding hydrogens is 395 g/mol. The number of benzene rings is 2. The van der Waals surface area contributed by atoms with Crippen LogP contribution in [-0.2, 0) is 18.0 Å². The predicted molar refractivity (Wildman–Crippen MR) is 103 cm³/mol. The third-order valence-corrected chi connectivity index (χ3v) is 4.92. The Morgan fingerprint density at radius 1 is 0.923 bits per heavy atom. The monoisotopic (exact) mass is 410 g/mol. The van der Waals surface area contributed by atoms with E-state index in [1.54, 1.807) is 12.1 Å². The first-order valence-corrected chi connectivity index (χ1v) is 9.05. The van der Waals surface area contributed by atoms with Crippen molar-refractivity contribution in [2.75, 3.05) is 0 Å². The highest BCUT2D eigenvalue weighted by Crippen LogP contribution is 2.30. The summed E-state index contributed by atoms with van der Waals surface area (Å²) in [6, 6.07) is 20.4. The van der Waals surface area contributed by atoms with Crippen molar-refractivity contribution in [1.29, 1.82) is 0 Å². The maximum atomic E-state index is 13.2. The molecule has 5 heteroatoms. The van der Waals surface area contributed by atoms with Crippen molar-refractivity contribution >= 4 is 21.6 Å². The third kappa shape index (κ3) is 3.41. The molecular formula is C21H16BrFN2O. The highest BCUT2D eigenvalue weighted by Gasteiger charge is 2.14. The lowest BCUT2D eigenvalue weighted by Gasteiger charge is -2.06. The molecule has 26 heavy (non-hydrogen) atoms. The molecule has 3 nitrogen and oxygen atoms in total. The zero-order valence-corrected chi connectivity index (χ0v) is 15.5. The minimum atomic E-state index is -0.261. The molecule has 4 rings (SSSR count). The number of halogens is 2. The Bertz CT molecular complexity index is 1030. The highest BCUT2D eigenvalue weighted by atomic mass is 79.9. The number of imidazole rings is 1. The molecule has 0 radical (unpaired) electrons. The van der Waals surface area contributed by atoms with Crippen LogP contribution < -0.4 is 0 Å². The van der Waals surface area contributed by atoms with E-state index in [0.717, 1.165) is 32.6 Å². The fraction of sp³-hybridized carbons (Fsp3) is 0.0952. The average Bonchev–Trinajstić information content (AvgIpc) is 3.01. The molecule has 0 atom stereocenters. The van der Waals surface area contributed by atoms with Gasteiger partial charge in [0.2, 0.25) is 0 Å². The van der Waals surface area contributed by atoms with Crippen LogP contribution in [0, 0.1) is 5.82 Å². The standard InChI is InChI=1S/C21H16BrFN2O/c22-20-19(16-8-10-18(23)11-9-16)24-21-17(7-4-12-25(20)21)14-26-13-15-5-2-1-3-6-15/h1-12H,13-14H2. The smallest absolute Gasteiger partial charge is 0.143 e. The molecule has 0 spiro atoms. The normalized spacial score (nSPS) is 11.2. The van der Waals surface area contributed by atoms with E-state index < -0.39 is 0 Å². The van der Waals surface area contributed by atoms with Crippen molar-refractivity contribution in [1.82, 2.24) is 9.38 Å². The summed E-state index contributed by atoms with van der Waals surface area (Å²) >= 11 is 3.61. The maximum absolute atomic E-state index is 13.2. The molecule has 0 N–H and O–H groups in total. The van der Waals surface area contributed by atoms with Crippen LogP contribution in [0.4, 0.5) is 4.39 Å². The SMILES string of the molecule is Fc1ccc(-c2nc3c(COCc4ccccc4)cccn3c2Br)cc1. The van der Waals surface area contributed by atoms with Gasteiger partial charge in [-0.05, 0) is 51.8 Å². The van der Waals surface area contributed by atoms with Gasteiger partial charge in [0.05, 0.1) is 13.2 Å². The molecule has 4 aromatic rings. The van der Waals surface area contributed by atoms with Crippen molar-refractivity contribution in [3.8, 4) is 11.3 Å². The van der Waals surface area contributed by atoms with Crippen molar-refractivity contribution in [2.45, 2.75) is 13.2 Å². The average molecular weight is 411 g/mol.